The molecule has 1 heterocycles. The smallest absolute Gasteiger partial charge is 0.150 e. The Morgan fingerprint density at radius 1 is 1.16 bits per heavy atom. The summed E-state index contributed by atoms with van der Waals surface area (Å²) in [6.07, 6.45) is 5.73. The molecule has 1 aliphatic heterocycles. The number of aryl methyl sites for hydroxylation is 2. The zero-order chi connectivity index (χ0) is 13.5. The van der Waals surface area contributed by atoms with Gasteiger partial charge >= 0.3 is 0 Å². The van der Waals surface area contributed by atoms with Crippen molar-refractivity contribution in [2.24, 2.45) is 5.92 Å². The Labute approximate surface area is 123 Å². The Bertz CT molecular complexity index is 580. The zero-order valence-corrected chi connectivity index (χ0v) is 13.3. The Balaban J connectivity index is 1.82. The molecule has 0 aromatic heterocycles. The second kappa shape index (κ2) is 5.21. The molecule has 104 valence electrons. The van der Waals surface area contributed by atoms with Gasteiger partial charge in [0.2, 0.25) is 0 Å². The van der Waals surface area contributed by atoms with E-state index < -0.39 is 9.84 Å². The summed E-state index contributed by atoms with van der Waals surface area (Å²) in [7, 11) is -2.80. The van der Waals surface area contributed by atoms with Gasteiger partial charge in [0.25, 0.3) is 0 Å². The molecule has 4 heteroatoms. The average Bonchev–Trinajstić information content (AvgIpc) is 2.78. The third-order valence-electron chi connectivity index (χ3n) is 4.37. The van der Waals surface area contributed by atoms with E-state index in [-0.39, 0.29) is 10.7 Å². The maximum Gasteiger partial charge on any atom is 0.150 e. The van der Waals surface area contributed by atoms with Gasteiger partial charge in [0.05, 0.1) is 11.5 Å². The highest BCUT2D eigenvalue weighted by atomic mass is 79.9. The molecule has 1 fully saturated rings. The molecule has 1 aliphatic carbocycles. The molecule has 1 aromatic carbocycles. The summed E-state index contributed by atoms with van der Waals surface area (Å²) in [5.41, 5.74) is 4.20. The molecule has 2 nitrogen and oxygen atoms in total. The number of alkyl halides is 1. The fraction of sp³-hybridized carbons (Fsp3) is 0.600. The summed E-state index contributed by atoms with van der Waals surface area (Å²) < 4.78 is 23.2. The lowest BCUT2D eigenvalue weighted by molar-refractivity contribution is 0.578. The second-order valence-corrected chi connectivity index (χ2v) is 9.02. The lowest BCUT2D eigenvalue weighted by atomic mass is 9.88. The molecule has 19 heavy (non-hydrogen) atoms. The molecule has 3 rings (SSSR count). The van der Waals surface area contributed by atoms with E-state index in [0.29, 0.717) is 11.5 Å². The van der Waals surface area contributed by atoms with Crippen molar-refractivity contribution in [3.63, 3.8) is 0 Å². The Hall–Kier alpha value is -0.350. The molecule has 0 bridgehead atoms. The highest BCUT2D eigenvalue weighted by Gasteiger charge is 2.33. The average molecular weight is 343 g/mol. The predicted molar refractivity (Wildman–Crippen MR) is 81.5 cm³/mol. The van der Waals surface area contributed by atoms with E-state index in [1.807, 2.05) is 0 Å². The van der Waals surface area contributed by atoms with Crippen LogP contribution >= 0.6 is 15.9 Å². The summed E-state index contributed by atoms with van der Waals surface area (Å²) in [6.45, 7) is 0. The Kier molecular flexibility index (Phi) is 3.73. The van der Waals surface area contributed by atoms with E-state index in [1.54, 1.807) is 0 Å². The minimum absolute atomic E-state index is 0.178. The third-order valence-corrected chi connectivity index (χ3v) is 7.44. The Morgan fingerprint density at radius 3 is 2.58 bits per heavy atom. The number of fused-ring (bicyclic) bond motifs is 1. The van der Waals surface area contributed by atoms with Gasteiger partial charge in [0, 0.05) is 4.83 Å². The maximum atomic E-state index is 11.6. The number of rotatable bonds is 2. The second-order valence-electron chi connectivity index (χ2n) is 5.80. The number of benzene rings is 1. The van der Waals surface area contributed by atoms with Crippen LogP contribution in [-0.4, -0.2) is 19.9 Å². The van der Waals surface area contributed by atoms with E-state index >= 15 is 0 Å². The number of sulfone groups is 1. The number of hydrogen-bond donors (Lipinski definition) is 0. The van der Waals surface area contributed by atoms with Crippen LogP contribution in [0.4, 0.5) is 0 Å². The third kappa shape index (κ3) is 2.89. The maximum absolute atomic E-state index is 11.6. The summed E-state index contributed by atoms with van der Waals surface area (Å²) >= 11 is 3.73. The topological polar surface area (TPSA) is 34.1 Å². The lowest BCUT2D eigenvalue weighted by Crippen LogP contribution is -2.11. The minimum atomic E-state index is -2.80. The van der Waals surface area contributed by atoms with Crippen LogP contribution in [0.25, 0.3) is 0 Å². The van der Waals surface area contributed by atoms with E-state index in [2.05, 4.69) is 34.1 Å². The molecule has 0 amide bonds. The first-order chi connectivity index (χ1) is 9.05. The molecular weight excluding hydrogens is 324 g/mol. The molecule has 0 radical (unpaired) electrons. The first kappa shape index (κ1) is 13.6. The normalized spacial score (nSPS) is 26.9. The van der Waals surface area contributed by atoms with Crippen molar-refractivity contribution in [1.82, 2.24) is 0 Å². The van der Waals surface area contributed by atoms with Crippen molar-refractivity contribution in [2.45, 2.75) is 36.9 Å². The SMILES string of the molecule is O=S1(=O)CCC(C(Br)c2ccc3c(c2)CCCC3)C1. The van der Waals surface area contributed by atoms with Crippen molar-refractivity contribution in [3.8, 4) is 0 Å². The molecule has 2 aliphatic rings. The van der Waals surface area contributed by atoms with Crippen LogP contribution in [0.1, 0.15) is 40.8 Å². The molecule has 1 saturated heterocycles. The standard InChI is InChI=1S/C15H19BrO2S/c16-15(14-7-8-19(17,18)10-14)13-6-5-11-3-1-2-4-12(11)9-13/h5-6,9,14-15H,1-4,7-8,10H2. The van der Waals surface area contributed by atoms with Crippen LogP contribution < -0.4 is 0 Å². The van der Waals surface area contributed by atoms with Crippen LogP contribution in [0.5, 0.6) is 0 Å². The minimum Gasteiger partial charge on any atom is -0.229 e. The fourth-order valence-corrected chi connectivity index (χ4v) is 6.08. The molecule has 2 unspecified atom stereocenters. The summed E-state index contributed by atoms with van der Waals surface area (Å²) in [4.78, 5) is 0.178. The summed E-state index contributed by atoms with van der Waals surface area (Å²) in [5.74, 6) is 0.914. The molecule has 2 atom stereocenters. The van der Waals surface area contributed by atoms with E-state index in [4.69, 9.17) is 0 Å². The Morgan fingerprint density at radius 2 is 1.89 bits per heavy atom. The van der Waals surface area contributed by atoms with Crippen LogP contribution in [0, 0.1) is 5.92 Å². The van der Waals surface area contributed by atoms with Crippen LogP contribution in [0.2, 0.25) is 0 Å². The monoisotopic (exact) mass is 342 g/mol. The molecule has 0 saturated carbocycles. The fourth-order valence-electron chi connectivity index (χ4n) is 3.25. The molecule has 1 aromatic rings. The van der Waals surface area contributed by atoms with Gasteiger partial charge in [-0.1, -0.05) is 34.1 Å². The summed E-state index contributed by atoms with van der Waals surface area (Å²) in [6, 6.07) is 6.70. The molecule has 0 spiro atoms. The largest absolute Gasteiger partial charge is 0.229 e. The van der Waals surface area contributed by atoms with Crippen molar-refractivity contribution < 1.29 is 8.42 Å². The number of hydrogen-bond acceptors (Lipinski definition) is 2. The van der Waals surface area contributed by atoms with Gasteiger partial charge in [-0.05, 0) is 54.7 Å². The van der Waals surface area contributed by atoms with Gasteiger partial charge in [-0.3, -0.25) is 0 Å². The highest BCUT2D eigenvalue weighted by Crippen LogP contribution is 2.39. The van der Waals surface area contributed by atoms with Crippen molar-refractivity contribution >= 4 is 25.8 Å². The van der Waals surface area contributed by atoms with Gasteiger partial charge in [-0.2, -0.15) is 0 Å². The van der Waals surface area contributed by atoms with Gasteiger partial charge < -0.3 is 0 Å². The van der Waals surface area contributed by atoms with Gasteiger partial charge in [0.15, 0.2) is 9.84 Å². The van der Waals surface area contributed by atoms with Crippen LogP contribution in [-0.2, 0) is 22.7 Å². The van der Waals surface area contributed by atoms with Gasteiger partial charge in [0.1, 0.15) is 0 Å². The first-order valence-electron chi connectivity index (χ1n) is 7.01. The van der Waals surface area contributed by atoms with Gasteiger partial charge in [-0.25, -0.2) is 8.42 Å². The van der Waals surface area contributed by atoms with E-state index in [9.17, 15) is 8.42 Å². The van der Waals surface area contributed by atoms with Crippen LogP contribution in [0.3, 0.4) is 0 Å². The molecule has 0 N–H and O–H groups in total. The van der Waals surface area contributed by atoms with Crippen molar-refractivity contribution in [1.29, 1.82) is 0 Å². The quantitative estimate of drug-likeness (QED) is 0.771. The van der Waals surface area contributed by atoms with Gasteiger partial charge in [-0.15, -0.1) is 0 Å². The predicted octanol–water partition coefficient (Wildman–Crippen LogP) is 3.44. The van der Waals surface area contributed by atoms with Crippen molar-refractivity contribution in [2.75, 3.05) is 11.5 Å². The van der Waals surface area contributed by atoms with E-state index in [1.165, 1.54) is 42.4 Å². The molecular formula is C15H19BrO2S. The zero-order valence-electron chi connectivity index (χ0n) is 10.9. The van der Waals surface area contributed by atoms with Crippen LogP contribution in [0.15, 0.2) is 18.2 Å². The highest BCUT2D eigenvalue weighted by molar-refractivity contribution is 9.09. The first-order valence-corrected chi connectivity index (χ1v) is 9.75. The summed E-state index contributed by atoms with van der Waals surface area (Å²) in [5, 5.41) is 0. The van der Waals surface area contributed by atoms with E-state index in [0.717, 1.165) is 6.42 Å². The van der Waals surface area contributed by atoms with Crippen molar-refractivity contribution in [3.05, 3.63) is 34.9 Å². The lowest BCUT2D eigenvalue weighted by Gasteiger charge is -2.21. The number of halogens is 1.